The molecule has 0 aliphatic heterocycles. The molecule has 0 aliphatic carbocycles. The first-order valence-corrected chi connectivity index (χ1v) is 5.93. The Morgan fingerprint density at radius 1 is 1.00 bits per heavy atom. The molecule has 2 aromatic carbocycles. The fraction of sp³-hybridized carbons (Fsp3) is 0.200. The average molecular weight is 243 g/mol. The smallest absolute Gasteiger partial charge is 0.125 e. The molecule has 0 amide bonds. The van der Waals surface area contributed by atoms with Gasteiger partial charge in [0.25, 0.3) is 0 Å². The van der Waals surface area contributed by atoms with E-state index < -0.39 is 0 Å². The molecule has 2 aromatic rings. The Morgan fingerprint density at radius 3 is 2.44 bits per heavy atom. The van der Waals surface area contributed by atoms with E-state index >= 15 is 0 Å². The molecule has 0 saturated carbocycles. The maximum Gasteiger partial charge on any atom is 0.125 e. The summed E-state index contributed by atoms with van der Waals surface area (Å²) in [5.41, 5.74) is 8.43. The van der Waals surface area contributed by atoms with Gasteiger partial charge in [-0.15, -0.1) is 0 Å². The quantitative estimate of drug-likeness (QED) is 0.846. The van der Waals surface area contributed by atoms with Crippen LogP contribution in [0.4, 0.5) is 0 Å². The van der Waals surface area contributed by atoms with Crippen LogP contribution < -0.4 is 10.5 Å². The number of aliphatic hydroxyl groups is 1. The minimum Gasteiger partial charge on any atom is -0.489 e. The number of nitrogens with two attached hydrogens (primary N) is 1. The van der Waals surface area contributed by atoms with Gasteiger partial charge in [-0.3, -0.25) is 0 Å². The van der Waals surface area contributed by atoms with Crippen molar-refractivity contribution >= 4 is 0 Å². The highest BCUT2D eigenvalue weighted by atomic mass is 16.5. The van der Waals surface area contributed by atoms with Crippen molar-refractivity contribution in [2.45, 2.75) is 19.8 Å². The molecule has 0 atom stereocenters. The van der Waals surface area contributed by atoms with Crippen molar-refractivity contribution in [3.8, 4) is 5.75 Å². The number of hydrogen-bond acceptors (Lipinski definition) is 3. The third kappa shape index (κ3) is 2.88. The average Bonchev–Trinajstić information content (AvgIpc) is 2.45. The van der Waals surface area contributed by atoms with E-state index in [9.17, 15) is 5.11 Å². The Balaban J connectivity index is 2.14. The molecule has 0 bridgehead atoms. The maximum atomic E-state index is 9.39. The van der Waals surface area contributed by atoms with Crippen LogP contribution in [0.15, 0.2) is 48.5 Å². The van der Waals surface area contributed by atoms with Gasteiger partial charge in [-0.25, -0.2) is 0 Å². The normalized spacial score (nSPS) is 10.3. The highest BCUT2D eigenvalue weighted by molar-refractivity contribution is 5.40. The Bertz CT molecular complexity index is 497. The van der Waals surface area contributed by atoms with Crippen molar-refractivity contribution in [2.75, 3.05) is 0 Å². The molecule has 0 fully saturated rings. The molecule has 0 heterocycles. The fourth-order valence-corrected chi connectivity index (χ4v) is 1.85. The third-order valence-corrected chi connectivity index (χ3v) is 2.85. The van der Waals surface area contributed by atoms with Crippen LogP contribution in [0.3, 0.4) is 0 Å². The van der Waals surface area contributed by atoms with Crippen LogP contribution >= 0.6 is 0 Å². The summed E-state index contributed by atoms with van der Waals surface area (Å²) in [4.78, 5) is 0. The van der Waals surface area contributed by atoms with Crippen molar-refractivity contribution in [2.24, 2.45) is 5.73 Å². The molecule has 0 aromatic heterocycles. The number of rotatable bonds is 5. The number of benzene rings is 2. The van der Waals surface area contributed by atoms with Gasteiger partial charge in [0.05, 0.1) is 6.61 Å². The Morgan fingerprint density at radius 2 is 1.78 bits per heavy atom. The zero-order valence-electron chi connectivity index (χ0n) is 10.2. The second-order valence-electron chi connectivity index (χ2n) is 4.03. The fourth-order valence-electron chi connectivity index (χ4n) is 1.85. The lowest BCUT2D eigenvalue weighted by molar-refractivity contribution is 0.257. The molecule has 0 saturated heterocycles. The molecule has 18 heavy (non-hydrogen) atoms. The molecular weight excluding hydrogens is 226 g/mol. The molecular formula is C15H17NO2. The van der Waals surface area contributed by atoms with E-state index in [-0.39, 0.29) is 6.61 Å². The standard InChI is InChI=1S/C15H17NO2/c16-9-13-7-4-8-15(14(13)10-17)18-11-12-5-2-1-3-6-12/h1-8,17H,9-11,16H2. The van der Waals surface area contributed by atoms with Gasteiger partial charge >= 0.3 is 0 Å². The van der Waals surface area contributed by atoms with Gasteiger partial charge in [0, 0.05) is 12.1 Å². The van der Waals surface area contributed by atoms with Crippen LogP contribution in [0.2, 0.25) is 0 Å². The number of aliphatic hydroxyl groups excluding tert-OH is 1. The zero-order chi connectivity index (χ0) is 12.8. The first-order valence-electron chi connectivity index (χ1n) is 5.93. The first-order chi connectivity index (χ1) is 8.85. The zero-order valence-corrected chi connectivity index (χ0v) is 10.2. The van der Waals surface area contributed by atoms with Gasteiger partial charge in [0.1, 0.15) is 12.4 Å². The minimum absolute atomic E-state index is 0.0580. The summed E-state index contributed by atoms with van der Waals surface area (Å²) in [7, 11) is 0. The van der Waals surface area contributed by atoms with E-state index in [0.29, 0.717) is 18.9 Å². The van der Waals surface area contributed by atoms with Crippen LogP contribution in [0.25, 0.3) is 0 Å². The molecule has 3 nitrogen and oxygen atoms in total. The largest absolute Gasteiger partial charge is 0.489 e. The Hall–Kier alpha value is -1.84. The molecule has 94 valence electrons. The lowest BCUT2D eigenvalue weighted by Gasteiger charge is -2.13. The topological polar surface area (TPSA) is 55.5 Å². The van der Waals surface area contributed by atoms with Gasteiger partial charge < -0.3 is 15.6 Å². The molecule has 3 N–H and O–H groups in total. The van der Waals surface area contributed by atoms with Crippen molar-refractivity contribution < 1.29 is 9.84 Å². The summed E-state index contributed by atoms with van der Waals surface area (Å²) >= 11 is 0. The molecule has 3 heteroatoms. The highest BCUT2D eigenvalue weighted by Crippen LogP contribution is 2.23. The van der Waals surface area contributed by atoms with Crippen LogP contribution in [0.5, 0.6) is 5.75 Å². The highest BCUT2D eigenvalue weighted by Gasteiger charge is 2.07. The lowest BCUT2D eigenvalue weighted by atomic mass is 10.1. The van der Waals surface area contributed by atoms with E-state index in [2.05, 4.69) is 0 Å². The summed E-state index contributed by atoms with van der Waals surface area (Å²) in [5, 5.41) is 9.39. The van der Waals surface area contributed by atoms with Crippen molar-refractivity contribution in [1.29, 1.82) is 0 Å². The van der Waals surface area contributed by atoms with Crippen LogP contribution in [0.1, 0.15) is 16.7 Å². The van der Waals surface area contributed by atoms with Crippen LogP contribution in [-0.2, 0) is 19.8 Å². The molecule has 2 rings (SSSR count). The second kappa shape index (κ2) is 6.19. The van der Waals surface area contributed by atoms with Gasteiger partial charge in [0.2, 0.25) is 0 Å². The molecule has 0 radical (unpaired) electrons. The molecule has 0 aliphatic rings. The van der Waals surface area contributed by atoms with Gasteiger partial charge in [-0.2, -0.15) is 0 Å². The SMILES string of the molecule is NCc1cccc(OCc2ccccc2)c1CO. The number of ether oxygens (including phenoxy) is 1. The van der Waals surface area contributed by atoms with Crippen molar-refractivity contribution in [1.82, 2.24) is 0 Å². The lowest BCUT2D eigenvalue weighted by Crippen LogP contribution is -2.05. The molecule has 0 spiro atoms. The van der Waals surface area contributed by atoms with E-state index in [1.54, 1.807) is 0 Å². The summed E-state index contributed by atoms with van der Waals surface area (Å²) in [6.45, 7) is 0.831. The second-order valence-corrected chi connectivity index (χ2v) is 4.03. The van der Waals surface area contributed by atoms with E-state index in [1.807, 2.05) is 48.5 Å². The first kappa shape index (κ1) is 12.6. The van der Waals surface area contributed by atoms with Gasteiger partial charge in [-0.1, -0.05) is 42.5 Å². The van der Waals surface area contributed by atoms with E-state index in [0.717, 1.165) is 16.7 Å². The van der Waals surface area contributed by atoms with Gasteiger partial charge in [-0.05, 0) is 17.2 Å². The van der Waals surface area contributed by atoms with Crippen molar-refractivity contribution in [3.05, 3.63) is 65.2 Å². The number of hydrogen-bond donors (Lipinski definition) is 2. The van der Waals surface area contributed by atoms with Crippen molar-refractivity contribution in [3.63, 3.8) is 0 Å². The van der Waals surface area contributed by atoms with Crippen LogP contribution in [-0.4, -0.2) is 5.11 Å². The summed E-state index contributed by atoms with van der Waals surface area (Å²) < 4.78 is 5.74. The summed E-state index contributed by atoms with van der Waals surface area (Å²) in [6, 6.07) is 15.6. The third-order valence-electron chi connectivity index (χ3n) is 2.85. The monoisotopic (exact) mass is 243 g/mol. The van der Waals surface area contributed by atoms with Crippen LogP contribution in [0, 0.1) is 0 Å². The Labute approximate surface area is 107 Å². The maximum absolute atomic E-state index is 9.39. The van der Waals surface area contributed by atoms with E-state index in [4.69, 9.17) is 10.5 Å². The molecule has 0 unspecified atom stereocenters. The minimum atomic E-state index is -0.0580. The summed E-state index contributed by atoms with van der Waals surface area (Å²) in [6.07, 6.45) is 0. The summed E-state index contributed by atoms with van der Waals surface area (Å²) in [5.74, 6) is 0.698. The van der Waals surface area contributed by atoms with E-state index in [1.165, 1.54) is 0 Å². The Kier molecular flexibility index (Phi) is 4.34. The van der Waals surface area contributed by atoms with Gasteiger partial charge in [0.15, 0.2) is 0 Å². The predicted molar refractivity (Wildman–Crippen MR) is 71.0 cm³/mol. The predicted octanol–water partition coefficient (Wildman–Crippen LogP) is 2.22.